The maximum Gasteiger partial charge on any atom is 0.330 e. The van der Waals surface area contributed by atoms with Gasteiger partial charge in [0.2, 0.25) is 0 Å². The normalized spacial score (nSPS) is 13.3. The predicted molar refractivity (Wildman–Crippen MR) is 136 cm³/mol. The third-order valence-electron chi connectivity index (χ3n) is 5.91. The molecule has 0 aliphatic heterocycles. The van der Waals surface area contributed by atoms with E-state index in [0.29, 0.717) is 21.7 Å². The fourth-order valence-corrected chi connectivity index (χ4v) is 5.13. The van der Waals surface area contributed by atoms with Gasteiger partial charge in [0.15, 0.2) is 10.9 Å². The van der Waals surface area contributed by atoms with E-state index in [1.54, 1.807) is 24.3 Å². The van der Waals surface area contributed by atoms with Crippen LogP contribution >= 0.6 is 11.8 Å². The number of nitrogen functional groups attached to an aromatic ring is 1. The maximum atomic E-state index is 13.5. The van der Waals surface area contributed by atoms with Gasteiger partial charge >= 0.3 is 5.69 Å². The standard InChI is InChI=1S/C25H23N5O4S/c1-13-9-14(2)11-16(10-13)30-23(33)17-5-3-4-6-18(17)27-25(30)35-12-19(31)20-21(26)29(15-7-8-15)24(34)28-22(20)32/h3-6,9-11,15H,7-8,12,26H2,1-2H3,(H,28,32,34). The summed E-state index contributed by atoms with van der Waals surface area (Å²) in [6, 6.07) is 12.7. The van der Waals surface area contributed by atoms with Gasteiger partial charge in [-0.1, -0.05) is 30.0 Å². The zero-order valence-electron chi connectivity index (χ0n) is 19.2. The molecule has 0 amide bonds. The molecule has 9 nitrogen and oxygen atoms in total. The lowest BCUT2D eigenvalue weighted by Crippen LogP contribution is -2.36. The molecule has 3 N–H and O–H groups in total. The Morgan fingerprint density at radius 3 is 2.49 bits per heavy atom. The monoisotopic (exact) mass is 489 g/mol. The molecule has 2 heterocycles. The summed E-state index contributed by atoms with van der Waals surface area (Å²) in [5.74, 6) is -0.853. The van der Waals surface area contributed by atoms with Gasteiger partial charge in [0, 0.05) is 6.04 Å². The van der Waals surface area contributed by atoms with Crippen LogP contribution in [0.2, 0.25) is 0 Å². The second-order valence-electron chi connectivity index (χ2n) is 8.73. The first-order valence-corrected chi connectivity index (χ1v) is 12.1. The number of Topliss-reactive ketones (excluding diaryl/α,β-unsaturated/α-hetero) is 1. The number of nitrogens with one attached hydrogen (secondary N) is 1. The first kappa shape index (κ1) is 22.9. The van der Waals surface area contributed by atoms with E-state index in [4.69, 9.17) is 5.73 Å². The van der Waals surface area contributed by atoms with Gasteiger partial charge in [-0.2, -0.15) is 0 Å². The second-order valence-corrected chi connectivity index (χ2v) is 9.67. The first-order chi connectivity index (χ1) is 16.7. The number of anilines is 1. The van der Waals surface area contributed by atoms with Crippen molar-refractivity contribution < 1.29 is 4.79 Å². The van der Waals surface area contributed by atoms with Crippen LogP contribution in [0.25, 0.3) is 16.6 Å². The van der Waals surface area contributed by atoms with Crippen LogP contribution in [0.15, 0.2) is 62.0 Å². The van der Waals surface area contributed by atoms with Crippen LogP contribution in [-0.4, -0.2) is 30.6 Å². The zero-order chi connectivity index (χ0) is 24.9. The largest absolute Gasteiger partial charge is 0.384 e. The van der Waals surface area contributed by atoms with Gasteiger partial charge in [0.1, 0.15) is 11.4 Å². The van der Waals surface area contributed by atoms with E-state index in [0.717, 1.165) is 35.7 Å². The lowest BCUT2D eigenvalue weighted by molar-refractivity contribution is 0.102. The first-order valence-electron chi connectivity index (χ1n) is 11.2. The number of carbonyl (C=O) groups excluding carboxylic acids is 1. The topological polar surface area (TPSA) is 133 Å². The highest BCUT2D eigenvalue weighted by Gasteiger charge is 2.30. The molecule has 1 aliphatic carbocycles. The third-order valence-corrected chi connectivity index (χ3v) is 6.85. The summed E-state index contributed by atoms with van der Waals surface area (Å²) >= 11 is 1.04. The third kappa shape index (κ3) is 4.21. The number of hydrogen-bond donors (Lipinski definition) is 2. The summed E-state index contributed by atoms with van der Waals surface area (Å²) in [6.07, 6.45) is 1.53. The van der Waals surface area contributed by atoms with E-state index in [2.05, 4.69) is 9.97 Å². The van der Waals surface area contributed by atoms with Gasteiger partial charge in [0.05, 0.1) is 22.3 Å². The van der Waals surface area contributed by atoms with Crippen LogP contribution < -0.4 is 22.5 Å². The number of aromatic nitrogens is 4. The number of fused-ring (bicyclic) bond motifs is 1. The number of benzene rings is 2. The molecule has 2 aromatic heterocycles. The van der Waals surface area contributed by atoms with Gasteiger partial charge < -0.3 is 5.73 Å². The Hall–Kier alpha value is -3.92. The molecule has 2 aromatic carbocycles. The minimum absolute atomic E-state index is 0.101. The molecule has 10 heteroatoms. The Balaban J connectivity index is 1.58. The van der Waals surface area contributed by atoms with E-state index < -0.39 is 17.0 Å². The van der Waals surface area contributed by atoms with Crippen LogP contribution in [0, 0.1) is 13.8 Å². The lowest BCUT2D eigenvalue weighted by Gasteiger charge is -2.15. The molecule has 1 fully saturated rings. The van der Waals surface area contributed by atoms with Crippen molar-refractivity contribution in [2.45, 2.75) is 37.9 Å². The molecule has 5 rings (SSSR count). The molecule has 1 saturated carbocycles. The smallest absolute Gasteiger partial charge is 0.330 e. The fraction of sp³-hybridized carbons (Fsp3) is 0.240. The number of nitrogens with two attached hydrogens (primary N) is 1. The summed E-state index contributed by atoms with van der Waals surface area (Å²) in [6.45, 7) is 3.88. The molecule has 35 heavy (non-hydrogen) atoms. The van der Waals surface area contributed by atoms with Crippen molar-refractivity contribution in [1.82, 2.24) is 19.1 Å². The SMILES string of the molecule is Cc1cc(C)cc(-n2c(SCC(=O)c3c(N)n(C4CC4)c(=O)[nH]c3=O)nc3ccccc3c2=O)c1. The van der Waals surface area contributed by atoms with Crippen LogP contribution in [-0.2, 0) is 0 Å². The summed E-state index contributed by atoms with van der Waals surface area (Å²) < 4.78 is 2.76. The summed E-state index contributed by atoms with van der Waals surface area (Å²) in [7, 11) is 0. The van der Waals surface area contributed by atoms with Crippen molar-refractivity contribution in [3.63, 3.8) is 0 Å². The highest BCUT2D eigenvalue weighted by molar-refractivity contribution is 7.99. The van der Waals surface area contributed by atoms with Gasteiger partial charge in [-0.05, 0) is 62.1 Å². The van der Waals surface area contributed by atoms with E-state index in [1.807, 2.05) is 32.0 Å². The number of aryl methyl sites for hydroxylation is 2. The average molecular weight is 490 g/mol. The lowest BCUT2D eigenvalue weighted by atomic mass is 10.1. The van der Waals surface area contributed by atoms with E-state index in [9.17, 15) is 19.2 Å². The number of carbonyl (C=O) groups is 1. The molecule has 0 bridgehead atoms. The van der Waals surface area contributed by atoms with E-state index in [1.165, 1.54) is 9.13 Å². The van der Waals surface area contributed by atoms with Gasteiger partial charge in [-0.15, -0.1) is 0 Å². The molecule has 1 aliphatic rings. The number of ketones is 1. The summed E-state index contributed by atoms with van der Waals surface area (Å²) in [5.41, 5.74) is 7.27. The minimum Gasteiger partial charge on any atom is -0.384 e. The van der Waals surface area contributed by atoms with Crippen molar-refractivity contribution in [3.8, 4) is 5.69 Å². The summed E-state index contributed by atoms with van der Waals surface area (Å²) in [5, 5.41) is 0.775. The molecule has 178 valence electrons. The maximum absolute atomic E-state index is 13.5. The number of nitrogens with zero attached hydrogens (tertiary/aromatic N) is 3. The van der Waals surface area contributed by atoms with E-state index in [-0.39, 0.29) is 28.7 Å². The van der Waals surface area contributed by atoms with Crippen molar-refractivity contribution in [3.05, 3.63) is 90.3 Å². The zero-order valence-corrected chi connectivity index (χ0v) is 20.0. The molecular weight excluding hydrogens is 466 g/mol. The summed E-state index contributed by atoms with van der Waals surface area (Å²) in [4.78, 5) is 58.1. The van der Waals surface area contributed by atoms with Gasteiger partial charge in [-0.25, -0.2) is 9.78 Å². The quantitative estimate of drug-likeness (QED) is 0.242. The fourth-order valence-electron chi connectivity index (χ4n) is 4.25. The molecule has 0 saturated heterocycles. The molecule has 0 atom stereocenters. The van der Waals surface area contributed by atoms with Crippen molar-refractivity contribution in [2.75, 3.05) is 11.5 Å². The molecule has 0 radical (unpaired) electrons. The van der Waals surface area contributed by atoms with Crippen molar-refractivity contribution >= 4 is 34.3 Å². The number of rotatable bonds is 6. The van der Waals surface area contributed by atoms with Crippen LogP contribution in [0.4, 0.5) is 5.82 Å². The number of H-pyrrole nitrogens is 1. The van der Waals surface area contributed by atoms with Crippen molar-refractivity contribution in [1.29, 1.82) is 0 Å². The number of thioether (sulfide) groups is 1. The van der Waals surface area contributed by atoms with Gasteiger partial charge in [0.25, 0.3) is 11.1 Å². The molecular formula is C25H23N5O4S. The molecule has 0 spiro atoms. The minimum atomic E-state index is -0.812. The highest BCUT2D eigenvalue weighted by atomic mass is 32.2. The number of hydrogen-bond acceptors (Lipinski definition) is 7. The Bertz CT molecular complexity index is 1660. The second kappa shape index (κ2) is 8.70. The Labute approximate surface area is 203 Å². The Morgan fingerprint density at radius 1 is 1.11 bits per heavy atom. The Kier molecular flexibility index (Phi) is 5.68. The van der Waals surface area contributed by atoms with Crippen molar-refractivity contribution in [2.24, 2.45) is 0 Å². The highest BCUT2D eigenvalue weighted by Crippen LogP contribution is 2.35. The molecule has 0 unspecified atom stereocenters. The number of para-hydroxylation sites is 1. The van der Waals surface area contributed by atoms with E-state index >= 15 is 0 Å². The van der Waals surface area contributed by atoms with Gasteiger partial charge in [-0.3, -0.25) is 28.5 Å². The predicted octanol–water partition coefficient (Wildman–Crippen LogP) is 2.74. The Morgan fingerprint density at radius 2 is 1.80 bits per heavy atom. The molecule has 4 aromatic rings. The van der Waals surface area contributed by atoms with Crippen LogP contribution in [0.1, 0.15) is 40.4 Å². The number of aromatic amines is 1. The van der Waals surface area contributed by atoms with Crippen LogP contribution in [0.5, 0.6) is 0 Å². The van der Waals surface area contributed by atoms with Crippen LogP contribution in [0.3, 0.4) is 0 Å². The average Bonchev–Trinajstić information content (AvgIpc) is 3.62.